The summed E-state index contributed by atoms with van der Waals surface area (Å²) in [7, 11) is 1.55. The predicted octanol–water partition coefficient (Wildman–Crippen LogP) is 2.34. The molecule has 0 bridgehead atoms. The summed E-state index contributed by atoms with van der Waals surface area (Å²) in [5.41, 5.74) is 5.41. The predicted molar refractivity (Wildman–Crippen MR) is 76.8 cm³/mol. The van der Waals surface area contributed by atoms with Crippen LogP contribution < -0.4 is 15.8 Å². The average molecular weight is 266 g/mol. The zero-order valence-electron chi connectivity index (χ0n) is 10.8. The molecule has 0 radical (unpaired) electrons. The molecule has 1 unspecified atom stereocenters. The third kappa shape index (κ3) is 2.79. The Morgan fingerprint density at radius 1 is 1.50 bits per heavy atom. The first kappa shape index (κ1) is 14.4. The molecule has 0 aromatic heterocycles. The molecule has 18 heavy (non-hydrogen) atoms. The van der Waals surface area contributed by atoms with Crippen LogP contribution in [0.1, 0.15) is 20.3 Å². The van der Waals surface area contributed by atoms with Gasteiger partial charge in [-0.05, 0) is 25.5 Å². The van der Waals surface area contributed by atoms with E-state index in [9.17, 15) is 4.79 Å². The molecule has 0 saturated heterocycles. The van der Waals surface area contributed by atoms with Crippen LogP contribution in [0.15, 0.2) is 24.3 Å². The van der Waals surface area contributed by atoms with E-state index in [1.807, 2.05) is 19.1 Å². The molecule has 0 aliphatic carbocycles. The highest BCUT2D eigenvalue weighted by atomic mass is 32.1. The number of nitrogens with one attached hydrogen (secondary N) is 1. The van der Waals surface area contributed by atoms with Crippen molar-refractivity contribution in [3.05, 3.63) is 24.3 Å². The number of ether oxygens (including phenoxy) is 1. The van der Waals surface area contributed by atoms with E-state index in [-0.39, 0.29) is 10.9 Å². The molecular formula is C13H18N2O2S. The van der Waals surface area contributed by atoms with Crippen LogP contribution >= 0.6 is 12.2 Å². The summed E-state index contributed by atoms with van der Waals surface area (Å²) < 4.78 is 5.17. The molecule has 0 saturated carbocycles. The molecule has 1 atom stereocenters. The molecule has 98 valence electrons. The minimum atomic E-state index is -0.851. The van der Waals surface area contributed by atoms with Crippen molar-refractivity contribution in [1.82, 2.24) is 0 Å². The lowest BCUT2D eigenvalue weighted by Crippen LogP contribution is -2.43. The topological polar surface area (TPSA) is 64.3 Å². The van der Waals surface area contributed by atoms with E-state index in [0.717, 1.165) is 0 Å². The highest BCUT2D eigenvalue weighted by molar-refractivity contribution is 7.80. The number of thiocarbonyl (C=S) groups is 1. The maximum Gasteiger partial charge on any atom is 0.237 e. The largest absolute Gasteiger partial charge is 0.495 e. The Labute approximate surface area is 113 Å². The van der Waals surface area contributed by atoms with Crippen LogP contribution in [0.3, 0.4) is 0 Å². The molecular weight excluding hydrogens is 248 g/mol. The number of benzene rings is 1. The van der Waals surface area contributed by atoms with E-state index in [4.69, 9.17) is 22.7 Å². The number of para-hydroxylation sites is 2. The van der Waals surface area contributed by atoms with Crippen molar-refractivity contribution in [3.63, 3.8) is 0 Å². The molecule has 5 heteroatoms. The molecule has 1 amide bonds. The first-order valence-corrected chi connectivity index (χ1v) is 6.11. The fourth-order valence-electron chi connectivity index (χ4n) is 1.45. The molecule has 0 fully saturated rings. The lowest BCUT2D eigenvalue weighted by Gasteiger charge is -2.25. The van der Waals surface area contributed by atoms with Gasteiger partial charge in [0.15, 0.2) is 0 Å². The highest BCUT2D eigenvalue weighted by Crippen LogP contribution is 2.28. The van der Waals surface area contributed by atoms with Gasteiger partial charge in [-0.2, -0.15) is 0 Å². The number of rotatable bonds is 5. The summed E-state index contributed by atoms with van der Waals surface area (Å²) in [6, 6.07) is 7.20. The number of hydrogen-bond acceptors (Lipinski definition) is 3. The smallest absolute Gasteiger partial charge is 0.237 e. The van der Waals surface area contributed by atoms with Crippen LogP contribution in [-0.4, -0.2) is 18.0 Å². The normalized spacial score (nSPS) is 13.5. The second kappa shape index (κ2) is 5.82. The second-order valence-electron chi connectivity index (χ2n) is 4.20. The number of amides is 1. The van der Waals surface area contributed by atoms with Crippen LogP contribution in [0, 0.1) is 5.41 Å². The van der Waals surface area contributed by atoms with Crippen LogP contribution in [0.4, 0.5) is 5.69 Å². The van der Waals surface area contributed by atoms with Gasteiger partial charge in [0.05, 0.1) is 23.2 Å². The van der Waals surface area contributed by atoms with Crippen LogP contribution in [-0.2, 0) is 4.79 Å². The van der Waals surface area contributed by atoms with Gasteiger partial charge in [0.25, 0.3) is 0 Å². The summed E-state index contributed by atoms with van der Waals surface area (Å²) in [5, 5.41) is 2.80. The highest BCUT2D eigenvalue weighted by Gasteiger charge is 2.34. The van der Waals surface area contributed by atoms with Gasteiger partial charge < -0.3 is 15.8 Å². The molecule has 0 heterocycles. The fraction of sp³-hybridized carbons (Fsp3) is 0.385. The Bertz CT molecular complexity index is 462. The monoisotopic (exact) mass is 266 g/mol. The zero-order valence-corrected chi connectivity index (χ0v) is 11.6. The summed E-state index contributed by atoms with van der Waals surface area (Å²) in [4.78, 5) is 12.4. The number of carbonyl (C=O) groups is 1. The van der Waals surface area contributed by atoms with Crippen molar-refractivity contribution >= 4 is 28.8 Å². The average Bonchev–Trinajstić information content (AvgIpc) is 2.37. The van der Waals surface area contributed by atoms with Crippen molar-refractivity contribution in [2.75, 3.05) is 12.4 Å². The molecule has 0 aliphatic rings. The number of carbonyl (C=O) groups excluding carboxylic acids is 1. The molecule has 1 aromatic carbocycles. The minimum absolute atomic E-state index is 0.192. The quantitative estimate of drug-likeness (QED) is 0.803. The molecule has 3 N–H and O–H groups in total. The summed E-state index contributed by atoms with van der Waals surface area (Å²) >= 11 is 4.97. The SMILES string of the molecule is CCC(C)(C(=O)Nc1ccccc1OC)C(N)=S. The van der Waals surface area contributed by atoms with E-state index >= 15 is 0 Å². The number of hydrogen-bond donors (Lipinski definition) is 2. The summed E-state index contributed by atoms with van der Waals surface area (Å²) in [6.07, 6.45) is 0.545. The van der Waals surface area contributed by atoms with Gasteiger partial charge >= 0.3 is 0 Å². The lowest BCUT2D eigenvalue weighted by atomic mass is 9.86. The van der Waals surface area contributed by atoms with Gasteiger partial charge in [0.2, 0.25) is 5.91 Å². The van der Waals surface area contributed by atoms with Crippen LogP contribution in [0.25, 0.3) is 0 Å². The van der Waals surface area contributed by atoms with Crippen molar-refractivity contribution in [2.24, 2.45) is 11.1 Å². The van der Waals surface area contributed by atoms with Gasteiger partial charge in [0.1, 0.15) is 5.75 Å². The third-order valence-corrected chi connectivity index (χ3v) is 3.56. The fourth-order valence-corrected chi connectivity index (χ4v) is 1.69. The molecule has 4 nitrogen and oxygen atoms in total. The Balaban J connectivity index is 2.97. The lowest BCUT2D eigenvalue weighted by molar-refractivity contribution is -0.121. The number of nitrogens with two attached hydrogens (primary N) is 1. The van der Waals surface area contributed by atoms with Crippen molar-refractivity contribution in [1.29, 1.82) is 0 Å². The van der Waals surface area contributed by atoms with Gasteiger partial charge in [-0.3, -0.25) is 4.79 Å². The first-order valence-electron chi connectivity index (χ1n) is 5.70. The Kier molecular flexibility index (Phi) is 4.67. The zero-order chi connectivity index (χ0) is 13.8. The minimum Gasteiger partial charge on any atom is -0.495 e. The van der Waals surface area contributed by atoms with Crippen LogP contribution in [0.2, 0.25) is 0 Å². The van der Waals surface area contributed by atoms with Crippen molar-refractivity contribution < 1.29 is 9.53 Å². The van der Waals surface area contributed by atoms with E-state index < -0.39 is 5.41 Å². The third-order valence-electron chi connectivity index (χ3n) is 3.11. The van der Waals surface area contributed by atoms with E-state index in [2.05, 4.69) is 5.32 Å². The van der Waals surface area contributed by atoms with Crippen molar-refractivity contribution in [2.45, 2.75) is 20.3 Å². The van der Waals surface area contributed by atoms with Gasteiger partial charge in [-0.25, -0.2) is 0 Å². The second-order valence-corrected chi connectivity index (χ2v) is 4.64. The van der Waals surface area contributed by atoms with Crippen LogP contribution in [0.5, 0.6) is 5.75 Å². The molecule has 1 rings (SSSR count). The Hall–Kier alpha value is -1.62. The molecule has 0 spiro atoms. The molecule has 0 aliphatic heterocycles. The van der Waals surface area contributed by atoms with Crippen molar-refractivity contribution in [3.8, 4) is 5.75 Å². The number of anilines is 1. The summed E-state index contributed by atoms with van der Waals surface area (Å²) in [5.74, 6) is 0.384. The van der Waals surface area contributed by atoms with E-state index in [0.29, 0.717) is 17.9 Å². The van der Waals surface area contributed by atoms with E-state index in [1.165, 1.54) is 0 Å². The van der Waals surface area contributed by atoms with E-state index in [1.54, 1.807) is 26.2 Å². The molecule has 1 aromatic rings. The standard InChI is InChI=1S/C13H18N2O2S/c1-4-13(2,11(14)18)12(16)15-9-7-5-6-8-10(9)17-3/h5-8H,4H2,1-3H3,(H2,14,18)(H,15,16). The maximum absolute atomic E-state index is 12.2. The van der Waals surface area contributed by atoms with Gasteiger partial charge in [-0.1, -0.05) is 31.3 Å². The van der Waals surface area contributed by atoms with Gasteiger partial charge in [-0.15, -0.1) is 0 Å². The first-order chi connectivity index (χ1) is 8.45. The Morgan fingerprint density at radius 2 is 2.11 bits per heavy atom. The number of methoxy groups -OCH3 is 1. The summed E-state index contributed by atoms with van der Waals surface area (Å²) in [6.45, 7) is 3.61. The van der Waals surface area contributed by atoms with Gasteiger partial charge in [0, 0.05) is 0 Å². The Morgan fingerprint density at radius 3 is 2.61 bits per heavy atom. The maximum atomic E-state index is 12.2.